The minimum absolute atomic E-state index is 0.0213. The summed E-state index contributed by atoms with van der Waals surface area (Å²) in [6.07, 6.45) is 2.97. The highest BCUT2D eigenvalue weighted by Gasteiger charge is 2.76. The normalized spacial score (nSPS) is 31.3. The Morgan fingerprint density at radius 3 is 2.26 bits per heavy atom. The van der Waals surface area contributed by atoms with Gasteiger partial charge in [0.05, 0.1) is 6.61 Å². The molecular weight excluding hydrogens is 398 g/mol. The van der Waals surface area contributed by atoms with Crippen LogP contribution in [0.5, 0.6) is 0 Å². The van der Waals surface area contributed by atoms with E-state index in [1.807, 2.05) is 42.5 Å². The number of hydrogen-bond donors (Lipinski definition) is 4. The zero-order valence-electron chi connectivity index (χ0n) is 16.4. The predicted molar refractivity (Wildman–Crippen MR) is 113 cm³/mol. The molecule has 5 N–H and O–H groups in total. The van der Waals surface area contributed by atoms with Crippen LogP contribution >= 0.6 is 0 Å². The molecule has 1 aliphatic carbocycles. The number of benzene rings is 2. The maximum Gasteiger partial charge on any atom is 0.352 e. The number of anilines is 1. The van der Waals surface area contributed by atoms with Crippen LogP contribution in [0.3, 0.4) is 0 Å². The summed E-state index contributed by atoms with van der Waals surface area (Å²) in [5.41, 5.74) is 1.32. The molecule has 0 saturated carbocycles. The van der Waals surface area contributed by atoms with Gasteiger partial charge in [0, 0.05) is 6.20 Å². The van der Waals surface area contributed by atoms with E-state index in [2.05, 4.69) is 4.98 Å². The lowest BCUT2D eigenvalue weighted by atomic mass is 9.65. The predicted octanol–water partition coefficient (Wildman–Crippen LogP) is 0.725. The minimum atomic E-state index is -2.02. The van der Waals surface area contributed by atoms with Crippen LogP contribution in [0.4, 0.5) is 5.82 Å². The van der Waals surface area contributed by atoms with E-state index in [9.17, 15) is 20.1 Å². The Labute approximate surface area is 177 Å². The number of nitrogens with zero attached hydrogens (tertiary/aromatic N) is 2. The van der Waals surface area contributed by atoms with Gasteiger partial charge in [-0.3, -0.25) is 4.57 Å². The van der Waals surface area contributed by atoms with Crippen LogP contribution in [0.15, 0.2) is 83.8 Å². The van der Waals surface area contributed by atoms with Gasteiger partial charge in [0.2, 0.25) is 5.72 Å². The number of fused-ring (bicyclic) bond motifs is 1. The van der Waals surface area contributed by atoms with Crippen LogP contribution < -0.4 is 11.4 Å². The van der Waals surface area contributed by atoms with Gasteiger partial charge in [0.1, 0.15) is 11.9 Å². The average Bonchev–Trinajstić information content (AvgIpc) is 2.91. The van der Waals surface area contributed by atoms with Crippen LogP contribution in [0.2, 0.25) is 0 Å². The molecule has 2 heterocycles. The first-order chi connectivity index (χ1) is 14.9. The van der Waals surface area contributed by atoms with Gasteiger partial charge in [-0.15, -0.1) is 0 Å². The molecule has 31 heavy (non-hydrogen) atoms. The van der Waals surface area contributed by atoms with Gasteiger partial charge in [-0.25, -0.2) is 4.79 Å². The van der Waals surface area contributed by atoms with E-state index in [1.54, 1.807) is 12.1 Å². The molecule has 8 heteroatoms. The van der Waals surface area contributed by atoms with E-state index in [0.717, 1.165) is 15.7 Å². The number of aliphatic hydroxyl groups excluding tert-OH is 1. The van der Waals surface area contributed by atoms with Gasteiger partial charge >= 0.3 is 5.69 Å². The maximum absolute atomic E-state index is 12.5. The number of ether oxygens (including phenoxy) is 1. The van der Waals surface area contributed by atoms with Crippen molar-refractivity contribution in [1.29, 1.82) is 0 Å². The van der Waals surface area contributed by atoms with Crippen LogP contribution in [0.1, 0.15) is 5.56 Å². The Balaban J connectivity index is 1.62. The molecule has 2 aromatic carbocycles. The molecule has 158 valence electrons. The molecule has 0 spiro atoms. The zero-order valence-corrected chi connectivity index (χ0v) is 16.4. The number of aliphatic hydroxyl groups is 3. The second kappa shape index (κ2) is 6.60. The summed E-state index contributed by atoms with van der Waals surface area (Å²) in [6, 6.07) is 18.1. The molecule has 1 aromatic heterocycles. The van der Waals surface area contributed by atoms with Crippen molar-refractivity contribution in [3.63, 3.8) is 0 Å². The lowest BCUT2D eigenvalue weighted by Crippen LogP contribution is -2.67. The monoisotopic (exact) mass is 419 g/mol. The van der Waals surface area contributed by atoms with Gasteiger partial charge in [0.25, 0.3) is 0 Å². The molecule has 1 saturated heterocycles. The van der Waals surface area contributed by atoms with Gasteiger partial charge in [-0.2, -0.15) is 4.98 Å². The van der Waals surface area contributed by atoms with Crippen LogP contribution in [-0.2, 0) is 16.1 Å². The van der Waals surface area contributed by atoms with Crippen molar-refractivity contribution >= 4 is 5.82 Å². The quantitative estimate of drug-likeness (QED) is 0.459. The molecule has 8 nitrogen and oxygen atoms in total. The summed E-state index contributed by atoms with van der Waals surface area (Å²) in [7, 11) is 0. The smallest absolute Gasteiger partial charge is 0.352 e. The molecule has 2 aliphatic rings. The fourth-order valence-corrected chi connectivity index (χ4v) is 4.57. The van der Waals surface area contributed by atoms with Crippen molar-refractivity contribution in [3.05, 3.63) is 95.1 Å². The molecule has 1 fully saturated rings. The molecule has 5 rings (SSSR count). The minimum Gasteiger partial charge on any atom is -0.394 e. The number of rotatable bonds is 4. The second-order valence-corrected chi connectivity index (χ2v) is 7.80. The van der Waals surface area contributed by atoms with Crippen molar-refractivity contribution in [2.24, 2.45) is 0 Å². The molecule has 0 radical (unpaired) electrons. The zero-order chi connectivity index (χ0) is 21.9. The van der Waals surface area contributed by atoms with E-state index in [1.165, 1.54) is 24.4 Å². The van der Waals surface area contributed by atoms with Gasteiger partial charge in [-0.05, 0) is 34.9 Å². The lowest BCUT2D eigenvalue weighted by molar-refractivity contribution is -0.180. The Bertz CT molecular complexity index is 1230. The summed E-state index contributed by atoms with van der Waals surface area (Å²) in [4.78, 5) is 16.2. The highest BCUT2D eigenvalue weighted by molar-refractivity contribution is 5.64. The van der Waals surface area contributed by atoms with Gasteiger partial charge < -0.3 is 25.8 Å². The van der Waals surface area contributed by atoms with E-state index in [0.29, 0.717) is 5.56 Å². The van der Waals surface area contributed by atoms with E-state index in [4.69, 9.17) is 10.5 Å². The van der Waals surface area contributed by atoms with Crippen LogP contribution in [0.25, 0.3) is 11.1 Å². The third kappa shape index (κ3) is 2.44. The fraction of sp³-hybridized carbons (Fsp3) is 0.217. The highest BCUT2D eigenvalue weighted by Crippen LogP contribution is 2.60. The van der Waals surface area contributed by atoms with Gasteiger partial charge in [-0.1, -0.05) is 54.6 Å². The first kappa shape index (κ1) is 19.7. The third-order valence-corrected chi connectivity index (χ3v) is 6.25. The van der Waals surface area contributed by atoms with E-state index in [-0.39, 0.29) is 5.82 Å². The summed E-state index contributed by atoms with van der Waals surface area (Å²) in [6.45, 7) is -0.584. The SMILES string of the molecule is Nc1ccn([C@@]23C=C[C@@]2(O)[C@@](O)(c2ccc(-c4ccccc4)cc2)[C@@H](CO)O3)c(=O)n1. The molecule has 0 bridgehead atoms. The molecule has 4 atom stereocenters. The van der Waals surface area contributed by atoms with Crippen LogP contribution in [-0.4, -0.2) is 43.2 Å². The van der Waals surface area contributed by atoms with Crippen molar-refractivity contribution in [2.45, 2.75) is 23.0 Å². The molecule has 0 amide bonds. The fourth-order valence-electron chi connectivity index (χ4n) is 4.57. The largest absolute Gasteiger partial charge is 0.394 e. The Morgan fingerprint density at radius 2 is 1.68 bits per heavy atom. The van der Waals surface area contributed by atoms with Crippen molar-refractivity contribution in [3.8, 4) is 11.1 Å². The Kier molecular flexibility index (Phi) is 4.18. The first-order valence-corrected chi connectivity index (χ1v) is 9.81. The summed E-state index contributed by atoms with van der Waals surface area (Å²) in [5, 5.41) is 33.4. The molecular formula is C23H21N3O5. The maximum atomic E-state index is 12.5. The Morgan fingerprint density at radius 1 is 1.00 bits per heavy atom. The summed E-state index contributed by atoms with van der Waals surface area (Å²) >= 11 is 0. The summed E-state index contributed by atoms with van der Waals surface area (Å²) < 4.78 is 7.01. The standard InChI is InChI=1S/C23H21N3O5/c24-19-10-13-26(20(28)25-19)22-12-11-21(22,29)23(30,18(14-27)31-22)17-8-6-16(7-9-17)15-4-2-1-3-5-15/h1-13,18,27,29-30H,14H2,(H2,24,25,28)/t18-,21+,22-,23-/m1/s1. The molecule has 1 aliphatic heterocycles. The van der Waals surface area contributed by atoms with E-state index < -0.39 is 35.3 Å². The average molecular weight is 419 g/mol. The number of aromatic nitrogens is 2. The van der Waals surface area contributed by atoms with Crippen molar-refractivity contribution in [1.82, 2.24) is 9.55 Å². The first-order valence-electron chi connectivity index (χ1n) is 9.81. The Hall–Kier alpha value is -3.30. The number of nitrogen functional groups attached to an aromatic ring is 1. The van der Waals surface area contributed by atoms with Crippen molar-refractivity contribution in [2.75, 3.05) is 12.3 Å². The lowest BCUT2D eigenvalue weighted by Gasteiger charge is -2.49. The van der Waals surface area contributed by atoms with Gasteiger partial charge in [0.15, 0.2) is 11.2 Å². The van der Waals surface area contributed by atoms with Crippen molar-refractivity contribution < 1.29 is 20.1 Å². The topological polar surface area (TPSA) is 131 Å². The molecule has 3 aromatic rings. The van der Waals surface area contributed by atoms with E-state index >= 15 is 0 Å². The number of hydrogen-bond acceptors (Lipinski definition) is 7. The summed E-state index contributed by atoms with van der Waals surface area (Å²) in [5.74, 6) is 0.0213. The van der Waals surface area contributed by atoms with Crippen LogP contribution in [0, 0.1) is 0 Å². The number of nitrogens with two attached hydrogens (primary N) is 1. The second-order valence-electron chi connectivity index (χ2n) is 7.80. The molecule has 0 unspecified atom stereocenters. The third-order valence-electron chi connectivity index (χ3n) is 6.25. The highest BCUT2D eigenvalue weighted by atomic mass is 16.6.